The highest BCUT2D eigenvalue weighted by atomic mass is 16.5. The van der Waals surface area contributed by atoms with Crippen molar-refractivity contribution in [2.24, 2.45) is 0 Å². The average Bonchev–Trinajstić information content (AvgIpc) is 2.79. The van der Waals surface area contributed by atoms with Gasteiger partial charge in [-0.25, -0.2) is 0 Å². The first kappa shape index (κ1) is 12.3. The lowest BCUT2D eigenvalue weighted by Gasteiger charge is -2.26. The minimum absolute atomic E-state index is 0.00495. The zero-order chi connectivity index (χ0) is 12.1. The second kappa shape index (κ2) is 5.48. The van der Waals surface area contributed by atoms with Gasteiger partial charge in [-0.2, -0.15) is 5.26 Å². The summed E-state index contributed by atoms with van der Waals surface area (Å²) < 4.78 is 5.25. The largest absolute Gasteiger partial charge is 0.370 e. The Labute approximate surface area is 102 Å². The summed E-state index contributed by atoms with van der Waals surface area (Å²) in [6.07, 6.45) is 3.68. The van der Waals surface area contributed by atoms with Gasteiger partial charge < -0.3 is 15.0 Å². The number of ether oxygens (including phenoxy) is 1. The van der Waals surface area contributed by atoms with Crippen LogP contribution in [0.4, 0.5) is 0 Å². The standard InChI is InChI=1S/C12H19N3O2/c13-10-12(3-1-2-4-12)14-11(16)9-15-5-7-17-8-6-15/h1-9H2,(H,14,16)/p+1. The third-order valence-electron chi connectivity index (χ3n) is 3.66. The number of carbonyl (C=O) groups is 1. The number of hydrogen-bond donors (Lipinski definition) is 2. The lowest BCUT2D eigenvalue weighted by atomic mass is 10.00. The van der Waals surface area contributed by atoms with E-state index < -0.39 is 5.54 Å². The zero-order valence-electron chi connectivity index (χ0n) is 10.1. The van der Waals surface area contributed by atoms with Gasteiger partial charge in [0, 0.05) is 0 Å². The number of rotatable bonds is 3. The summed E-state index contributed by atoms with van der Waals surface area (Å²) in [6.45, 7) is 3.69. The van der Waals surface area contributed by atoms with E-state index in [0.29, 0.717) is 6.54 Å². The van der Waals surface area contributed by atoms with Crippen LogP contribution in [0.5, 0.6) is 0 Å². The Bertz CT molecular complexity index is 312. The van der Waals surface area contributed by atoms with E-state index in [2.05, 4.69) is 11.4 Å². The van der Waals surface area contributed by atoms with E-state index >= 15 is 0 Å². The Hall–Kier alpha value is -1.12. The van der Waals surface area contributed by atoms with Crippen molar-refractivity contribution >= 4 is 5.91 Å². The molecule has 0 unspecified atom stereocenters. The fourth-order valence-corrected chi connectivity index (χ4v) is 2.62. The molecule has 2 fully saturated rings. The molecule has 2 aliphatic rings. The van der Waals surface area contributed by atoms with Crippen LogP contribution >= 0.6 is 0 Å². The maximum Gasteiger partial charge on any atom is 0.276 e. The molecule has 1 aliphatic carbocycles. The molecule has 2 N–H and O–H groups in total. The van der Waals surface area contributed by atoms with Gasteiger partial charge in [0.15, 0.2) is 6.54 Å². The third-order valence-corrected chi connectivity index (χ3v) is 3.66. The second-order valence-corrected chi connectivity index (χ2v) is 4.99. The minimum Gasteiger partial charge on any atom is -0.370 e. The topological polar surface area (TPSA) is 66.6 Å². The molecule has 0 aromatic rings. The molecule has 1 heterocycles. The molecule has 0 aromatic heterocycles. The number of amides is 1. The smallest absolute Gasteiger partial charge is 0.276 e. The van der Waals surface area contributed by atoms with Gasteiger partial charge in [-0.15, -0.1) is 0 Å². The summed E-state index contributed by atoms with van der Waals surface area (Å²) in [7, 11) is 0. The summed E-state index contributed by atoms with van der Waals surface area (Å²) >= 11 is 0. The number of quaternary nitrogens is 1. The van der Waals surface area contributed by atoms with Crippen LogP contribution in [0.25, 0.3) is 0 Å². The van der Waals surface area contributed by atoms with Crippen LogP contribution in [0.15, 0.2) is 0 Å². The Balaban J connectivity index is 1.82. The van der Waals surface area contributed by atoms with Gasteiger partial charge in [0.25, 0.3) is 5.91 Å². The normalized spacial score (nSPS) is 24.2. The molecule has 94 valence electrons. The fraction of sp³-hybridized carbons (Fsp3) is 0.833. The zero-order valence-corrected chi connectivity index (χ0v) is 10.1. The lowest BCUT2D eigenvalue weighted by molar-refractivity contribution is -0.900. The molecular weight excluding hydrogens is 218 g/mol. The van der Waals surface area contributed by atoms with Gasteiger partial charge in [-0.1, -0.05) is 0 Å². The van der Waals surface area contributed by atoms with Crippen LogP contribution in [0, 0.1) is 11.3 Å². The first-order chi connectivity index (χ1) is 8.24. The highest BCUT2D eigenvalue weighted by molar-refractivity contribution is 5.78. The van der Waals surface area contributed by atoms with Crippen molar-refractivity contribution in [2.75, 3.05) is 32.8 Å². The van der Waals surface area contributed by atoms with Crippen molar-refractivity contribution < 1.29 is 14.4 Å². The van der Waals surface area contributed by atoms with Crippen molar-refractivity contribution in [3.05, 3.63) is 0 Å². The number of nitriles is 1. The van der Waals surface area contributed by atoms with E-state index in [-0.39, 0.29) is 5.91 Å². The van der Waals surface area contributed by atoms with Gasteiger partial charge in [0.1, 0.15) is 18.6 Å². The maximum absolute atomic E-state index is 11.9. The molecule has 5 nitrogen and oxygen atoms in total. The average molecular weight is 238 g/mol. The van der Waals surface area contributed by atoms with Gasteiger partial charge in [-0.3, -0.25) is 4.79 Å². The van der Waals surface area contributed by atoms with E-state index in [1.807, 2.05) is 0 Å². The monoisotopic (exact) mass is 238 g/mol. The van der Waals surface area contributed by atoms with Gasteiger partial charge in [0.05, 0.1) is 19.3 Å². The van der Waals surface area contributed by atoms with Crippen LogP contribution in [-0.4, -0.2) is 44.3 Å². The molecule has 0 spiro atoms. The highest BCUT2D eigenvalue weighted by Crippen LogP contribution is 2.28. The summed E-state index contributed by atoms with van der Waals surface area (Å²) in [4.78, 5) is 13.2. The van der Waals surface area contributed by atoms with E-state index in [4.69, 9.17) is 4.74 Å². The summed E-state index contributed by atoms with van der Waals surface area (Å²) in [6, 6.07) is 2.28. The van der Waals surface area contributed by atoms with Crippen LogP contribution in [-0.2, 0) is 9.53 Å². The number of carbonyl (C=O) groups excluding carboxylic acids is 1. The molecule has 0 atom stereocenters. The van der Waals surface area contributed by atoms with Crippen molar-refractivity contribution in [1.29, 1.82) is 5.26 Å². The minimum atomic E-state index is -0.581. The molecule has 1 aliphatic heterocycles. The fourth-order valence-electron chi connectivity index (χ4n) is 2.62. The molecule has 0 radical (unpaired) electrons. The molecule has 2 rings (SSSR count). The predicted molar refractivity (Wildman–Crippen MR) is 61.3 cm³/mol. The number of nitrogens with one attached hydrogen (secondary N) is 2. The van der Waals surface area contributed by atoms with E-state index in [0.717, 1.165) is 52.0 Å². The SMILES string of the molecule is N#CC1(NC(=O)C[NH+]2CCOCC2)CCCC1. The molecular formula is C12H20N3O2+. The summed E-state index contributed by atoms with van der Waals surface area (Å²) in [5.41, 5.74) is -0.581. The molecule has 1 amide bonds. The van der Waals surface area contributed by atoms with Crippen molar-refractivity contribution in [2.45, 2.75) is 31.2 Å². The molecule has 17 heavy (non-hydrogen) atoms. The second-order valence-electron chi connectivity index (χ2n) is 4.99. The highest BCUT2D eigenvalue weighted by Gasteiger charge is 2.36. The number of morpholine rings is 1. The Morgan fingerprint density at radius 2 is 2.00 bits per heavy atom. The van der Waals surface area contributed by atoms with Crippen molar-refractivity contribution in [3.63, 3.8) is 0 Å². The van der Waals surface area contributed by atoms with Crippen LogP contribution in [0.1, 0.15) is 25.7 Å². The molecule has 1 saturated heterocycles. The lowest BCUT2D eigenvalue weighted by Crippen LogP contribution is -3.15. The van der Waals surface area contributed by atoms with Crippen LogP contribution in [0.2, 0.25) is 0 Å². The number of nitrogens with zero attached hydrogens (tertiary/aromatic N) is 1. The first-order valence-electron chi connectivity index (χ1n) is 6.38. The van der Waals surface area contributed by atoms with Gasteiger partial charge >= 0.3 is 0 Å². The Morgan fingerprint density at radius 1 is 1.35 bits per heavy atom. The first-order valence-corrected chi connectivity index (χ1v) is 6.38. The van der Waals surface area contributed by atoms with Gasteiger partial charge in [-0.05, 0) is 25.7 Å². The third kappa shape index (κ3) is 3.18. The van der Waals surface area contributed by atoms with E-state index in [1.165, 1.54) is 4.90 Å². The summed E-state index contributed by atoms with van der Waals surface area (Å²) in [5.74, 6) is 0.00495. The van der Waals surface area contributed by atoms with E-state index in [9.17, 15) is 10.1 Å². The Morgan fingerprint density at radius 3 is 2.59 bits per heavy atom. The molecule has 0 aromatic carbocycles. The van der Waals surface area contributed by atoms with Crippen molar-refractivity contribution in [3.8, 4) is 6.07 Å². The predicted octanol–water partition coefficient (Wildman–Crippen LogP) is -1.15. The molecule has 5 heteroatoms. The molecule has 1 saturated carbocycles. The van der Waals surface area contributed by atoms with Crippen molar-refractivity contribution in [1.82, 2.24) is 5.32 Å². The quantitative estimate of drug-likeness (QED) is 0.653. The van der Waals surface area contributed by atoms with Crippen LogP contribution in [0.3, 0.4) is 0 Å². The summed E-state index contributed by atoms with van der Waals surface area (Å²) in [5, 5.41) is 12.1. The van der Waals surface area contributed by atoms with Crippen LogP contribution < -0.4 is 10.2 Å². The Kier molecular flexibility index (Phi) is 3.97. The van der Waals surface area contributed by atoms with Gasteiger partial charge in [0.2, 0.25) is 0 Å². The number of hydrogen-bond acceptors (Lipinski definition) is 3. The maximum atomic E-state index is 11.9. The van der Waals surface area contributed by atoms with E-state index in [1.54, 1.807) is 0 Å². The molecule has 0 bridgehead atoms.